The Balaban J connectivity index is 1.69. The number of hydrogen-bond donors (Lipinski definition) is 2. The minimum atomic E-state index is -0.195. The summed E-state index contributed by atoms with van der Waals surface area (Å²) in [5.74, 6) is 0.562. The number of aryl methyl sites for hydroxylation is 1. The zero-order valence-corrected chi connectivity index (χ0v) is 14.4. The van der Waals surface area contributed by atoms with Gasteiger partial charge in [0.1, 0.15) is 5.82 Å². The Kier molecular flexibility index (Phi) is 7.00. The zero-order valence-electron chi connectivity index (χ0n) is 13.6. The smallest absolute Gasteiger partial charge is 0.190 e. The normalized spacial score (nSPS) is 11.5. The Bertz CT molecular complexity index is 639. The quantitative estimate of drug-likeness (QED) is 0.605. The Morgan fingerprint density at radius 1 is 1.26 bits per heavy atom. The van der Waals surface area contributed by atoms with E-state index in [2.05, 4.69) is 32.9 Å². The van der Waals surface area contributed by atoms with Crippen LogP contribution < -0.4 is 10.6 Å². The number of aromatic nitrogens is 1. The van der Waals surface area contributed by atoms with E-state index in [0.717, 1.165) is 43.0 Å². The van der Waals surface area contributed by atoms with Gasteiger partial charge in [-0.3, -0.25) is 4.99 Å². The lowest BCUT2D eigenvalue weighted by Crippen LogP contribution is -2.39. The lowest BCUT2D eigenvalue weighted by atomic mass is 10.1. The van der Waals surface area contributed by atoms with Gasteiger partial charge in [-0.25, -0.2) is 9.37 Å². The first kappa shape index (κ1) is 17.4. The van der Waals surface area contributed by atoms with Crippen LogP contribution in [0.5, 0.6) is 0 Å². The van der Waals surface area contributed by atoms with E-state index in [4.69, 9.17) is 0 Å². The highest BCUT2D eigenvalue weighted by atomic mass is 32.1. The van der Waals surface area contributed by atoms with Crippen molar-refractivity contribution in [3.05, 3.63) is 51.7 Å². The molecule has 1 heterocycles. The van der Waals surface area contributed by atoms with Crippen LogP contribution in [0.4, 0.5) is 4.39 Å². The van der Waals surface area contributed by atoms with Crippen LogP contribution in [0, 0.1) is 5.82 Å². The van der Waals surface area contributed by atoms with Gasteiger partial charge in [-0.15, -0.1) is 11.3 Å². The number of guanidine groups is 1. The minimum absolute atomic E-state index is 0.195. The molecule has 0 aliphatic heterocycles. The number of nitrogens with zero attached hydrogens (tertiary/aromatic N) is 2. The van der Waals surface area contributed by atoms with Crippen molar-refractivity contribution < 1.29 is 4.39 Å². The van der Waals surface area contributed by atoms with E-state index in [1.807, 2.05) is 6.07 Å². The molecule has 0 aliphatic carbocycles. The van der Waals surface area contributed by atoms with E-state index in [1.54, 1.807) is 30.5 Å². The molecule has 23 heavy (non-hydrogen) atoms. The molecule has 1 aromatic heterocycles. The molecule has 0 spiro atoms. The van der Waals surface area contributed by atoms with Gasteiger partial charge >= 0.3 is 0 Å². The van der Waals surface area contributed by atoms with Crippen molar-refractivity contribution >= 4 is 17.3 Å². The number of halogens is 1. The summed E-state index contributed by atoms with van der Waals surface area (Å²) in [6.07, 6.45) is 2.62. The van der Waals surface area contributed by atoms with Crippen molar-refractivity contribution in [2.24, 2.45) is 4.99 Å². The zero-order chi connectivity index (χ0) is 16.5. The molecule has 1 aromatic carbocycles. The fourth-order valence-corrected chi connectivity index (χ4v) is 2.95. The van der Waals surface area contributed by atoms with Crippen molar-refractivity contribution in [2.75, 3.05) is 20.1 Å². The second kappa shape index (κ2) is 9.25. The third-order valence-electron chi connectivity index (χ3n) is 3.39. The Morgan fingerprint density at radius 2 is 2.04 bits per heavy atom. The first-order valence-electron chi connectivity index (χ1n) is 7.83. The topological polar surface area (TPSA) is 49.3 Å². The largest absolute Gasteiger partial charge is 0.356 e. The fraction of sp³-hybridized carbons (Fsp3) is 0.412. The SMILES string of the molecule is CCc1nc(CCNC(=NC)NCCc2cccc(F)c2)cs1. The first-order valence-corrected chi connectivity index (χ1v) is 8.71. The molecular formula is C17H23FN4S. The van der Waals surface area contributed by atoms with Crippen LogP contribution in [-0.2, 0) is 19.3 Å². The molecule has 2 rings (SSSR count). The van der Waals surface area contributed by atoms with Gasteiger partial charge in [-0.1, -0.05) is 19.1 Å². The van der Waals surface area contributed by atoms with Crippen LogP contribution in [0.15, 0.2) is 34.6 Å². The summed E-state index contributed by atoms with van der Waals surface area (Å²) in [5, 5.41) is 9.80. The molecule has 2 aromatic rings. The monoisotopic (exact) mass is 334 g/mol. The molecule has 0 amide bonds. The van der Waals surface area contributed by atoms with Crippen LogP contribution in [0.25, 0.3) is 0 Å². The van der Waals surface area contributed by atoms with Crippen molar-refractivity contribution in [1.82, 2.24) is 15.6 Å². The van der Waals surface area contributed by atoms with Gasteiger partial charge < -0.3 is 10.6 Å². The van der Waals surface area contributed by atoms with Crippen LogP contribution in [0.2, 0.25) is 0 Å². The average molecular weight is 334 g/mol. The summed E-state index contributed by atoms with van der Waals surface area (Å²) in [6.45, 7) is 3.61. The highest BCUT2D eigenvalue weighted by Crippen LogP contribution is 2.10. The lowest BCUT2D eigenvalue weighted by molar-refractivity contribution is 0.625. The van der Waals surface area contributed by atoms with Gasteiger partial charge in [0.2, 0.25) is 0 Å². The molecule has 0 saturated carbocycles. The van der Waals surface area contributed by atoms with Crippen molar-refractivity contribution in [2.45, 2.75) is 26.2 Å². The van der Waals surface area contributed by atoms with Crippen LogP contribution in [0.3, 0.4) is 0 Å². The first-order chi connectivity index (χ1) is 11.2. The van der Waals surface area contributed by atoms with Crippen molar-refractivity contribution in [3.63, 3.8) is 0 Å². The summed E-state index contributed by atoms with van der Waals surface area (Å²) in [4.78, 5) is 8.74. The number of benzene rings is 1. The maximum atomic E-state index is 13.1. The van der Waals surface area contributed by atoms with Crippen LogP contribution in [-0.4, -0.2) is 31.1 Å². The third kappa shape index (κ3) is 5.98. The molecular weight excluding hydrogens is 311 g/mol. The van der Waals surface area contributed by atoms with Gasteiger partial charge in [0, 0.05) is 31.9 Å². The molecule has 124 valence electrons. The predicted molar refractivity (Wildman–Crippen MR) is 94.7 cm³/mol. The fourth-order valence-electron chi connectivity index (χ4n) is 2.17. The molecule has 0 saturated heterocycles. The maximum absolute atomic E-state index is 13.1. The van der Waals surface area contributed by atoms with E-state index in [0.29, 0.717) is 6.54 Å². The number of hydrogen-bond acceptors (Lipinski definition) is 3. The average Bonchev–Trinajstić information content (AvgIpc) is 3.01. The van der Waals surface area contributed by atoms with Gasteiger partial charge in [0.15, 0.2) is 5.96 Å². The Hall–Kier alpha value is -1.95. The van der Waals surface area contributed by atoms with Crippen LogP contribution in [0.1, 0.15) is 23.2 Å². The third-order valence-corrected chi connectivity index (χ3v) is 4.44. The van der Waals surface area contributed by atoms with Crippen molar-refractivity contribution in [3.8, 4) is 0 Å². The Morgan fingerprint density at radius 3 is 2.70 bits per heavy atom. The molecule has 0 fully saturated rings. The van der Waals surface area contributed by atoms with E-state index in [-0.39, 0.29) is 5.82 Å². The number of thiazole rings is 1. The van der Waals surface area contributed by atoms with Crippen molar-refractivity contribution in [1.29, 1.82) is 0 Å². The second-order valence-corrected chi connectivity index (χ2v) is 6.08. The van der Waals surface area contributed by atoms with E-state index < -0.39 is 0 Å². The number of aliphatic imine (C=N–C) groups is 1. The van der Waals surface area contributed by atoms with E-state index >= 15 is 0 Å². The van der Waals surface area contributed by atoms with E-state index in [9.17, 15) is 4.39 Å². The van der Waals surface area contributed by atoms with Gasteiger partial charge in [-0.2, -0.15) is 0 Å². The summed E-state index contributed by atoms with van der Waals surface area (Å²) in [6, 6.07) is 6.68. The molecule has 0 radical (unpaired) electrons. The molecule has 0 atom stereocenters. The predicted octanol–water partition coefficient (Wildman–Crippen LogP) is 2.79. The lowest BCUT2D eigenvalue weighted by Gasteiger charge is -2.11. The molecule has 0 unspecified atom stereocenters. The molecule has 2 N–H and O–H groups in total. The van der Waals surface area contributed by atoms with Gasteiger partial charge in [-0.05, 0) is 30.5 Å². The summed E-state index contributed by atoms with van der Waals surface area (Å²) < 4.78 is 13.1. The van der Waals surface area contributed by atoms with Crippen LogP contribution >= 0.6 is 11.3 Å². The van der Waals surface area contributed by atoms with Gasteiger partial charge in [0.25, 0.3) is 0 Å². The highest BCUT2D eigenvalue weighted by Gasteiger charge is 2.02. The summed E-state index contributed by atoms with van der Waals surface area (Å²) in [5.41, 5.74) is 2.09. The minimum Gasteiger partial charge on any atom is -0.356 e. The van der Waals surface area contributed by atoms with Gasteiger partial charge in [0.05, 0.1) is 10.7 Å². The molecule has 6 heteroatoms. The number of nitrogens with one attached hydrogen (secondary N) is 2. The standard InChI is InChI=1S/C17H23FN4S/c1-3-16-22-15(12-23-16)8-10-21-17(19-2)20-9-7-13-5-4-6-14(18)11-13/h4-6,11-12H,3,7-10H2,1-2H3,(H2,19,20,21). The maximum Gasteiger partial charge on any atom is 0.190 e. The summed E-state index contributed by atoms with van der Waals surface area (Å²) >= 11 is 1.71. The van der Waals surface area contributed by atoms with E-state index in [1.165, 1.54) is 11.1 Å². The second-order valence-electron chi connectivity index (χ2n) is 5.14. The molecule has 0 bridgehead atoms. The Labute approximate surface area is 140 Å². The summed E-state index contributed by atoms with van der Waals surface area (Å²) in [7, 11) is 1.75. The highest BCUT2D eigenvalue weighted by molar-refractivity contribution is 7.09. The number of rotatable bonds is 7. The molecule has 0 aliphatic rings. The molecule has 4 nitrogen and oxygen atoms in total.